The van der Waals surface area contributed by atoms with Crippen LogP contribution in [0.1, 0.15) is 31.5 Å². The van der Waals surface area contributed by atoms with E-state index in [9.17, 15) is 18.0 Å². The first-order valence-electron chi connectivity index (χ1n) is 5.43. The fourth-order valence-electron chi connectivity index (χ4n) is 1.98. The number of aliphatic carboxylic acids is 1. The van der Waals surface area contributed by atoms with Crippen molar-refractivity contribution in [1.82, 2.24) is 20.2 Å². The molecule has 1 aromatic heterocycles. The second-order valence-corrected chi connectivity index (χ2v) is 4.31. The quantitative estimate of drug-likeness (QED) is 0.881. The Hall–Kier alpha value is -1.67. The second-order valence-electron chi connectivity index (χ2n) is 4.31. The van der Waals surface area contributed by atoms with Gasteiger partial charge in [-0.3, -0.25) is 0 Å². The summed E-state index contributed by atoms with van der Waals surface area (Å²) in [6, 6.07) is 0. The van der Waals surface area contributed by atoms with Crippen LogP contribution in [-0.4, -0.2) is 37.5 Å². The van der Waals surface area contributed by atoms with Crippen LogP contribution >= 0.6 is 0 Å². The molecule has 1 N–H and O–H groups in total. The van der Waals surface area contributed by atoms with Gasteiger partial charge in [0.2, 0.25) is 0 Å². The average molecular weight is 264 g/mol. The number of rotatable bonds is 4. The van der Waals surface area contributed by atoms with E-state index in [1.807, 2.05) is 0 Å². The first kappa shape index (κ1) is 12.8. The summed E-state index contributed by atoms with van der Waals surface area (Å²) < 4.78 is 37.4. The Bertz CT molecular complexity index is 453. The number of hydrogen-bond acceptors (Lipinski definition) is 4. The average Bonchev–Trinajstić information content (AvgIpc) is 2.60. The minimum Gasteiger partial charge on any atom is -0.479 e. The Morgan fingerprint density at radius 2 is 2.11 bits per heavy atom. The third kappa shape index (κ3) is 2.16. The summed E-state index contributed by atoms with van der Waals surface area (Å²) >= 11 is 0. The SMILES string of the molecule is O=C(O)C1(n2nnnc2CCC(F)(F)F)CCC1. The van der Waals surface area contributed by atoms with Crippen LogP contribution in [0.3, 0.4) is 0 Å². The molecule has 1 saturated carbocycles. The van der Waals surface area contributed by atoms with E-state index in [-0.39, 0.29) is 5.82 Å². The van der Waals surface area contributed by atoms with E-state index in [2.05, 4.69) is 15.5 Å². The van der Waals surface area contributed by atoms with Gasteiger partial charge in [0.15, 0.2) is 11.4 Å². The monoisotopic (exact) mass is 264 g/mol. The molecule has 1 heterocycles. The normalized spacial score (nSPS) is 18.4. The molecule has 1 aliphatic rings. The molecule has 6 nitrogen and oxygen atoms in total. The summed E-state index contributed by atoms with van der Waals surface area (Å²) in [6.45, 7) is 0. The molecule has 100 valence electrons. The largest absolute Gasteiger partial charge is 0.479 e. The summed E-state index contributed by atoms with van der Waals surface area (Å²) in [6.07, 6.45) is -4.41. The highest BCUT2D eigenvalue weighted by Crippen LogP contribution is 2.39. The van der Waals surface area contributed by atoms with Crippen LogP contribution in [0.2, 0.25) is 0 Å². The van der Waals surface area contributed by atoms with E-state index in [1.165, 1.54) is 0 Å². The molecule has 0 aliphatic heterocycles. The van der Waals surface area contributed by atoms with E-state index in [0.717, 1.165) is 4.68 Å². The minimum atomic E-state index is -4.31. The van der Waals surface area contributed by atoms with Crippen molar-refractivity contribution in [3.8, 4) is 0 Å². The Labute approximate surface area is 99.8 Å². The number of tetrazole rings is 1. The van der Waals surface area contributed by atoms with Gasteiger partial charge in [0.05, 0.1) is 6.42 Å². The smallest absolute Gasteiger partial charge is 0.389 e. The van der Waals surface area contributed by atoms with Gasteiger partial charge in [0, 0.05) is 6.42 Å². The molecule has 18 heavy (non-hydrogen) atoms. The molecule has 1 aliphatic carbocycles. The molecule has 0 saturated heterocycles. The van der Waals surface area contributed by atoms with Crippen molar-refractivity contribution < 1.29 is 23.1 Å². The lowest BCUT2D eigenvalue weighted by atomic mass is 9.77. The highest BCUT2D eigenvalue weighted by Gasteiger charge is 2.49. The summed E-state index contributed by atoms with van der Waals surface area (Å²) in [5.74, 6) is -1.14. The van der Waals surface area contributed by atoms with Gasteiger partial charge in [0.25, 0.3) is 0 Å². The highest BCUT2D eigenvalue weighted by atomic mass is 19.4. The van der Waals surface area contributed by atoms with Gasteiger partial charge in [-0.1, -0.05) is 0 Å². The molecule has 0 radical (unpaired) electrons. The Morgan fingerprint density at radius 3 is 2.56 bits per heavy atom. The van der Waals surface area contributed by atoms with Crippen LogP contribution in [0.5, 0.6) is 0 Å². The fraction of sp³-hybridized carbons (Fsp3) is 0.778. The van der Waals surface area contributed by atoms with Gasteiger partial charge in [-0.25, -0.2) is 9.48 Å². The molecular weight excluding hydrogens is 253 g/mol. The van der Waals surface area contributed by atoms with E-state index in [4.69, 9.17) is 5.11 Å². The number of hydrogen-bond donors (Lipinski definition) is 1. The van der Waals surface area contributed by atoms with Gasteiger partial charge >= 0.3 is 12.1 Å². The van der Waals surface area contributed by atoms with Crippen molar-refractivity contribution in [3.63, 3.8) is 0 Å². The highest BCUT2D eigenvalue weighted by molar-refractivity contribution is 5.77. The van der Waals surface area contributed by atoms with Crippen LogP contribution in [0, 0.1) is 0 Å². The van der Waals surface area contributed by atoms with Crippen LogP contribution in [-0.2, 0) is 16.8 Å². The van der Waals surface area contributed by atoms with Crippen molar-refractivity contribution >= 4 is 5.97 Å². The topological polar surface area (TPSA) is 80.9 Å². The van der Waals surface area contributed by atoms with Gasteiger partial charge in [-0.15, -0.1) is 5.10 Å². The molecule has 0 aromatic carbocycles. The number of carboxylic acids is 1. The minimum absolute atomic E-state index is 0.0329. The van der Waals surface area contributed by atoms with Crippen molar-refractivity contribution in [2.75, 3.05) is 0 Å². The number of aryl methyl sites for hydroxylation is 1. The molecule has 0 unspecified atom stereocenters. The van der Waals surface area contributed by atoms with Crippen LogP contribution < -0.4 is 0 Å². The zero-order valence-corrected chi connectivity index (χ0v) is 9.31. The van der Waals surface area contributed by atoms with Crippen molar-refractivity contribution in [3.05, 3.63) is 5.82 Å². The predicted octanol–water partition coefficient (Wildman–Crippen LogP) is 1.13. The Kier molecular flexibility index (Phi) is 2.99. The van der Waals surface area contributed by atoms with E-state index in [0.29, 0.717) is 19.3 Å². The van der Waals surface area contributed by atoms with Gasteiger partial charge in [-0.2, -0.15) is 13.2 Å². The molecule has 2 rings (SSSR count). The summed E-state index contributed by atoms with van der Waals surface area (Å²) in [7, 11) is 0. The van der Waals surface area contributed by atoms with Crippen LogP contribution in [0.25, 0.3) is 0 Å². The molecule has 9 heteroatoms. The van der Waals surface area contributed by atoms with Gasteiger partial charge in [0.1, 0.15) is 0 Å². The van der Waals surface area contributed by atoms with Crippen molar-refractivity contribution in [2.45, 2.75) is 43.8 Å². The van der Waals surface area contributed by atoms with Crippen LogP contribution in [0.4, 0.5) is 13.2 Å². The summed E-state index contributed by atoms with van der Waals surface area (Å²) in [5, 5.41) is 19.5. The second kappa shape index (κ2) is 4.21. The fourth-order valence-corrected chi connectivity index (χ4v) is 1.98. The third-order valence-corrected chi connectivity index (χ3v) is 3.15. The summed E-state index contributed by atoms with van der Waals surface area (Å²) in [4.78, 5) is 11.2. The lowest BCUT2D eigenvalue weighted by molar-refractivity contribution is -0.153. The molecule has 1 fully saturated rings. The molecule has 0 spiro atoms. The predicted molar refractivity (Wildman–Crippen MR) is 51.7 cm³/mol. The number of halogens is 3. The first-order valence-corrected chi connectivity index (χ1v) is 5.43. The number of carbonyl (C=O) groups is 1. The lowest BCUT2D eigenvalue weighted by Gasteiger charge is -2.37. The Balaban J connectivity index is 2.20. The third-order valence-electron chi connectivity index (χ3n) is 3.15. The van der Waals surface area contributed by atoms with Crippen molar-refractivity contribution in [1.29, 1.82) is 0 Å². The Morgan fingerprint density at radius 1 is 1.44 bits per heavy atom. The maximum absolute atomic E-state index is 12.1. The molecule has 1 aromatic rings. The summed E-state index contributed by atoms with van der Waals surface area (Å²) in [5.41, 5.74) is -1.26. The molecule has 0 bridgehead atoms. The number of nitrogens with zero attached hydrogens (tertiary/aromatic N) is 4. The van der Waals surface area contributed by atoms with Crippen LogP contribution in [0.15, 0.2) is 0 Å². The van der Waals surface area contributed by atoms with Gasteiger partial charge in [-0.05, 0) is 29.7 Å². The molecule has 0 atom stereocenters. The molecular formula is C9H11F3N4O2. The standard InChI is InChI=1S/C9H11F3N4O2/c10-9(11,12)5-2-6-13-14-15-16(6)8(7(17)18)3-1-4-8/h1-5H2,(H,17,18). The maximum Gasteiger partial charge on any atom is 0.389 e. The van der Waals surface area contributed by atoms with E-state index >= 15 is 0 Å². The van der Waals surface area contributed by atoms with Gasteiger partial charge < -0.3 is 5.11 Å². The van der Waals surface area contributed by atoms with E-state index < -0.39 is 30.5 Å². The lowest BCUT2D eigenvalue weighted by Crippen LogP contribution is -2.49. The maximum atomic E-state index is 12.1. The zero-order chi connectivity index (χ0) is 13.4. The number of alkyl halides is 3. The zero-order valence-electron chi connectivity index (χ0n) is 9.31. The number of carboxylic acid groups (broad SMARTS) is 1. The van der Waals surface area contributed by atoms with Crippen molar-refractivity contribution in [2.24, 2.45) is 0 Å². The number of aromatic nitrogens is 4. The first-order chi connectivity index (χ1) is 8.35. The van der Waals surface area contributed by atoms with E-state index in [1.54, 1.807) is 0 Å². The molecule has 0 amide bonds.